The zero-order chi connectivity index (χ0) is 11.0. The standard InChI is InChI=1S/C9H22N4O/c1-4-8(2)13(3)6-5-11-7-9(10)12-14/h8,11,14H,4-7H2,1-3H3,(H2,10,12). The van der Waals surface area contributed by atoms with Gasteiger partial charge in [0, 0.05) is 19.1 Å². The van der Waals surface area contributed by atoms with Gasteiger partial charge in [-0.3, -0.25) is 0 Å². The molecule has 1 unspecified atom stereocenters. The van der Waals surface area contributed by atoms with E-state index in [4.69, 9.17) is 10.9 Å². The Balaban J connectivity index is 3.45. The first-order valence-corrected chi connectivity index (χ1v) is 4.99. The number of likely N-dealkylation sites (N-methyl/N-ethyl adjacent to an activating group) is 1. The summed E-state index contributed by atoms with van der Waals surface area (Å²) >= 11 is 0. The van der Waals surface area contributed by atoms with Crippen molar-refractivity contribution in [3.05, 3.63) is 0 Å². The van der Waals surface area contributed by atoms with Gasteiger partial charge in [0.05, 0.1) is 6.54 Å². The molecule has 5 heteroatoms. The third kappa shape index (κ3) is 5.77. The van der Waals surface area contributed by atoms with Crippen molar-refractivity contribution in [2.75, 3.05) is 26.7 Å². The molecule has 0 aromatic rings. The Morgan fingerprint density at radius 1 is 1.64 bits per heavy atom. The summed E-state index contributed by atoms with van der Waals surface area (Å²) in [6.07, 6.45) is 1.15. The van der Waals surface area contributed by atoms with Crippen LogP contribution in [0.1, 0.15) is 20.3 Å². The molecule has 0 aromatic carbocycles. The second kappa shape index (κ2) is 7.58. The lowest BCUT2D eigenvalue weighted by Gasteiger charge is -2.23. The predicted octanol–water partition coefficient (Wildman–Crippen LogP) is 0.0527. The van der Waals surface area contributed by atoms with Gasteiger partial charge in [0.2, 0.25) is 0 Å². The van der Waals surface area contributed by atoms with Crippen molar-refractivity contribution in [1.82, 2.24) is 10.2 Å². The highest BCUT2D eigenvalue weighted by atomic mass is 16.4. The van der Waals surface area contributed by atoms with Gasteiger partial charge in [-0.15, -0.1) is 0 Å². The molecule has 0 radical (unpaired) electrons. The summed E-state index contributed by atoms with van der Waals surface area (Å²) in [4.78, 5) is 2.28. The molecule has 0 amide bonds. The minimum Gasteiger partial charge on any atom is -0.409 e. The molecule has 1 atom stereocenters. The van der Waals surface area contributed by atoms with Crippen molar-refractivity contribution in [2.45, 2.75) is 26.3 Å². The van der Waals surface area contributed by atoms with Gasteiger partial charge in [0.15, 0.2) is 5.84 Å². The largest absolute Gasteiger partial charge is 0.409 e. The zero-order valence-electron chi connectivity index (χ0n) is 9.32. The summed E-state index contributed by atoms with van der Waals surface area (Å²) in [5, 5.41) is 14.2. The first-order chi connectivity index (χ1) is 6.61. The number of hydrogen-bond donors (Lipinski definition) is 3. The molecule has 0 heterocycles. The highest BCUT2D eigenvalue weighted by molar-refractivity contribution is 5.81. The first kappa shape index (κ1) is 13.2. The van der Waals surface area contributed by atoms with E-state index < -0.39 is 0 Å². The van der Waals surface area contributed by atoms with Crippen LogP contribution in [0.5, 0.6) is 0 Å². The Labute approximate surface area is 86.0 Å². The van der Waals surface area contributed by atoms with E-state index in [1.807, 2.05) is 0 Å². The minimum atomic E-state index is 0.219. The van der Waals surface area contributed by atoms with Gasteiger partial charge in [-0.2, -0.15) is 0 Å². The highest BCUT2D eigenvalue weighted by Gasteiger charge is 2.05. The van der Waals surface area contributed by atoms with E-state index in [1.54, 1.807) is 0 Å². The van der Waals surface area contributed by atoms with Crippen LogP contribution in [0.25, 0.3) is 0 Å². The Hall–Kier alpha value is -0.810. The lowest BCUT2D eigenvalue weighted by molar-refractivity contribution is 0.253. The quantitative estimate of drug-likeness (QED) is 0.179. The third-order valence-electron chi connectivity index (χ3n) is 2.42. The van der Waals surface area contributed by atoms with E-state index in [2.05, 4.69) is 36.3 Å². The van der Waals surface area contributed by atoms with Gasteiger partial charge in [0.25, 0.3) is 0 Å². The van der Waals surface area contributed by atoms with Gasteiger partial charge in [-0.1, -0.05) is 12.1 Å². The fourth-order valence-corrected chi connectivity index (χ4v) is 1.04. The van der Waals surface area contributed by atoms with Crippen molar-refractivity contribution in [3.8, 4) is 0 Å². The normalized spacial score (nSPS) is 14.7. The lowest BCUT2D eigenvalue weighted by Crippen LogP contribution is -2.37. The number of oxime groups is 1. The Morgan fingerprint density at radius 2 is 2.29 bits per heavy atom. The van der Waals surface area contributed by atoms with Gasteiger partial charge in [-0.25, -0.2) is 0 Å². The number of nitrogens with one attached hydrogen (secondary N) is 1. The van der Waals surface area contributed by atoms with E-state index in [9.17, 15) is 0 Å². The Bertz CT molecular complexity index is 172. The van der Waals surface area contributed by atoms with Crippen LogP contribution in [0.3, 0.4) is 0 Å². The number of amidine groups is 1. The van der Waals surface area contributed by atoms with Gasteiger partial charge in [0.1, 0.15) is 0 Å². The number of hydrogen-bond acceptors (Lipinski definition) is 4. The second-order valence-corrected chi connectivity index (χ2v) is 3.51. The van der Waals surface area contributed by atoms with Crippen molar-refractivity contribution in [3.63, 3.8) is 0 Å². The van der Waals surface area contributed by atoms with Crippen LogP contribution < -0.4 is 11.1 Å². The van der Waals surface area contributed by atoms with Crippen molar-refractivity contribution < 1.29 is 5.21 Å². The lowest BCUT2D eigenvalue weighted by atomic mass is 10.2. The van der Waals surface area contributed by atoms with Crippen molar-refractivity contribution in [1.29, 1.82) is 0 Å². The van der Waals surface area contributed by atoms with Crippen LogP contribution in [0.15, 0.2) is 5.16 Å². The fraction of sp³-hybridized carbons (Fsp3) is 0.889. The molecule has 0 saturated carbocycles. The highest BCUT2D eigenvalue weighted by Crippen LogP contribution is 1.97. The third-order valence-corrected chi connectivity index (χ3v) is 2.42. The molecule has 0 rings (SSSR count). The van der Waals surface area contributed by atoms with Crippen LogP contribution in [-0.4, -0.2) is 48.7 Å². The molecule has 0 aliphatic rings. The summed E-state index contributed by atoms with van der Waals surface area (Å²) < 4.78 is 0. The Morgan fingerprint density at radius 3 is 2.79 bits per heavy atom. The summed E-state index contributed by atoms with van der Waals surface area (Å²) in [6.45, 7) is 6.62. The van der Waals surface area contributed by atoms with Crippen LogP contribution in [0.4, 0.5) is 0 Å². The minimum absolute atomic E-state index is 0.219. The van der Waals surface area contributed by atoms with E-state index in [0.29, 0.717) is 12.6 Å². The summed E-state index contributed by atoms with van der Waals surface area (Å²) in [6, 6.07) is 0.598. The second-order valence-electron chi connectivity index (χ2n) is 3.51. The fourth-order valence-electron chi connectivity index (χ4n) is 1.04. The van der Waals surface area contributed by atoms with Gasteiger partial charge >= 0.3 is 0 Å². The van der Waals surface area contributed by atoms with Crippen LogP contribution in [-0.2, 0) is 0 Å². The molecule has 0 fully saturated rings. The number of rotatable bonds is 7. The van der Waals surface area contributed by atoms with Crippen molar-refractivity contribution in [2.24, 2.45) is 10.9 Å². The van der Waals surface area contributed by atoms with Gasteiger partial charge < -0.3 is 21.2 Å². The summed E-state index contributed by atoms with van der Waals surface area (Å²) in [5.74, 6) is 0.219. The van der Waals surface area contributed by atoms with E-state index in [-0.39, 0.29) is 5.84 Å². The maximum atomic E-state index is 8.28. The molecule has 0 spiro atoms. The number of nitrogens with two attached hydrogens (primary N) is 1. The molecule has 0 bridgehead atoms. The molecule has 0 aromatic heterocycles. The maximum absolute atomic E-state index is 8.28. The SMILES string of the molecule is CCC(C)N(C)CCNCC(N)=NO. The molecule has 5 nitrogen and oxygen atoms in total. The molecule has 0 aliphatic carbocycles. The van der Waals surface area contributed by atoms with Gasteiger partial charge in [-0.05, 0) is 20.4 Å². The molecular formula is C9H22N4O. The van der Waals surface area contributed by atoms with Crippen molar-refractivity contribution >= 4 is 5.84 Å². The van der Waals surface area contributed by atoms with Crippen LogP contribution in [0.2, 0.25) is 0 Å². The average molecular weight is 202 g/mol. The van der Waals surface area contributed by atoms with E-state index >= 15 is 0 Å². The summed E-state index contributed by atoms with van der Waals surface area (Å²) in [5.41, 5.74) is 5.30. The first-order valence-electron chi connectivity index (χ1n) is 4.99. The zero-order valence-corrected chi connectivity index (χ0v) is 9.32. The van der Waals surface area contributed by atoms with Crippen LogP contribution >= 0.6 is 0 Å². The van der Waals surface area contributed by atoms with Crippen LogP contribution in [0, 0.1) is 0 Å². The summed E-state index contributed by atoms with van der Waals surface area (Å²) in [7, 11) is 2.10. The molecule has 0 saturated heterocycles. The molecule has 4 N–H and O–H groups in total. The van der Waals surface area contributed by atoms with E-state index in [0.717, 1.165) is 19.5 Å². The smallest absolute Gasteiger partial charge is 0.153 e. The monoisotopic (exact) mass is 202 g/mol. The average Bonchev–Trinajstić information content (AvgIpc) is 2.22. The topological polar surface area (TPSA) is 73.9 Å². The van der Waals surface area contributed by atoms with E-state index in [1.165, 1.54) is 0 Å². The predicted molar refractivity (Wildman–Crippen MR) is 58.7 cm³/mol. The molecule has 0 aliphatic heterocycles. The Kier molecular flexibility index (Phi) is 7.14. The molecule has 84 valence electrons. The molecular weight excluding hydrogens is 180 g/mol. The molecule has 14 heavy (non-hydrogen) atoms. The maximum Gasteiger partial charge on any atom is 0.153 e. The number of nitrogens with zero attached hydrogens (tertiary/aromatic N) is 2.